The maximum atomic E-state index is 12.7. The molecule has 9 heteroatoms. The first-order valence-electron chi connectivity index (χ1n) is 12.2. The second kappa shape index (κ2) is 9.99. The Morgan fingerprint density at radius 2 is 1.74 bits per heavy atom. The molecular weight excluding hydrogens is 459 g/mol. The van der Waals surface area contributed by atoms with Crippen LogP contribution in [0.2, 0.25) is 0 Å². The normalized spacial score (nSPS) is 25.3. The lowest BCUT2D eigenvalue weighted by molar-refractivity contribution is -0.186. The van der Waals surface area contributed by atoms with Crippen molar-refractivity contribution in [2.45, 2.75) is 96.2 Å². The average Bonchev–Trinajstić information content (AvgIpc) is 2.81. The first-order valence-corrected chi connectivity index (χ1v) is 12.2. The van der Waals surface area contributed by atoms with Crippen LogP contribution in [0.15, 0.2) is 23.2 Å². The van der Waals surface area contributed by atoms with Crippen molar-refractivity contribution in [3.05, 3.63) is 29.3 Å². The van der Waals surface area contributed by atoms with Gasteiger partial charge < -0.3 is 20.1 Å². The lowest BCUT2D eigenvalue weighted by Gasteiger charge is -2.47. The van der Waals surface area contributed by atoms with Crippen molar-refractivity contribution in [1.82, 2.24) is 4.90 Å². The third kappa shape index (κ3) is 5.76. The number of ether oxygens (including phenoxy) is 2. The quantitative estimate of drug-likeness (QED) is 0.465. The number of halogens is 3. The molecule has 196 valence electrons. The highest BCUT2D eigenvalue weighted by atomic mass is 19.4. The fraction of sp³-hybridized carbons (Fsp3) is 0.692. The van der Waals surface area contributed by atoms with Crippen LogP contribution in [0.1, 0.15) is 70.9 Å². The van der Waals surface area contributed by atoms with Crippen LogP contribution in [0.3, 0.4) is 0 Å². The molecule has 6 nitrogen and oxygen atoms in total. The van der Waals surface area contributed by atoms with Crippen LogP contribution in [-0.2, 0) is 16.0 Å². The average molecular weight is 498 g/mol. The van der Waals surface area contributed by atoms with Crippen molar-refractivity contribution in [1.29, 1.82) is 0 Å². The van der Waals surface area contributed by atoms with Gasteiger partial charge in [-0.15, -0.1) is 0 Å². The maximum absolute atomic E-state index is 12.7. The molecule has 1 aromatic carbocycles. The minimum Gasteiger partial charge on any atom is -0.487 e. The molecule has 1 heterocycles. The molecule has 1 saturated carbocycles. The summed E-state index contributed by atoms with van der Waals surface area (Å²) in [7, 11) is 2.94. The Labute approximate surface area is 206 Å². The molecule has 35 heavy (non-hydrogen) atoms. The lowest BCUT2D eigenvalue weighted by Crippen LogP contribution is -2.55. The van der Waals surface area contributed by atoms with Crippen LogP contribution >= 0.6 is 0 Å². The Morgan fingerprint density at radius 3 is 2.29 bits per heavy atom. The van der Waals surface area contributed by atoms with E-state index in [1.165, 1.54) is 7.05 Å². The Morgan fingerprint density at radius 1 is 1.11 bits per heavy atom. The number of carbonyl (C=O) groups excluding carboxylic acids is 1. The SMILES string of the molecule is CO[C@@](C)([C@H]1CCc2cc(C(N)=NC3CCC(N(C)C(=O)C(F)(F)F)CC3)ccc2O1)C(C)(C)C. The van der Waals surface area contributed by atoms with Gasteiger partial charge in [0.15, 0.2) is 0 Å². The molecular formula is C26H38F3N3O3. The van der Waals surface area contributed by atoms with Gasteiger partial charge in [-0.05, 0) is 74.6 Å². The van der Waals surface area contributed by atoms with Crippen molar-refractivity contribution in [2.24, 2.45) is 16.1 Å². The molecule has 2 atom stereocenters. The second-order valence-electron chi connectivity index (χ2n) is 10.9. The minimum absolute atomic E-state index is 0.0746. The van der Waals surface area contributed by atoms with Gasteiger partial charge in [-0.1, -0.05) is 20.8 Å². The first kappa shape index (κ1) is 27.3. The highest BCUT2D eigenvalue weighted by Crippen LogP contribution is 2.42. The number of aliphatic imine (C=N–C) groups is 1. The van der Waals surface area contributed by atoms with E-state index in [2.05, 4.69) is 32.7 Å². The highest BCUT2D eigenvalue weighted by molar-refractivity contribution is 5.98. The number of hydrogen-bond donors (Lipinski definition) is 1. The van der Waals surface area contributed by atoms with E-state index < -0.39 is 23.7 Å². The van der Waals surface area contributed by atoms with E-state index in [0.29, 0.717) is 31.5 Å². The Kier molecular flexibility index (Phi) is 7.79. The molecule has 1 fully saturated rings. The number of aryl methyl sites for hydroxylation is 1. The summed E-state index contributed by atoms with van der Waals surface area (Å²) >= 11 is 0. The molecule has 0 aromatic heterocycles. The van der Waals surface area contributed by atoms with E-state index >= 15 is 0 Å². The van der Waals surface area contributed by atoms with Gasteiger partial charge in [0.05, 0.1) is 6.04 Å². The number of rotatable bonds is 5. The number of amides is 1. The molecule has 3 rings (SSSR count). The first-order chi connectivity index (χ1) is 16.2. The van der Waals surface area contributed by atoms with E-state index in [-0.39, 0.29) is 17.6 Å². The number of benzene rings is 1. The summed E-state index contributed by atoms with van der Waals surface area (Å²) in [6.45, 7) is 8.53. The molecule has 0 bridgehead atoms. The molecule has 1 aliphatic carbocycles. The van der Waals surface area contributed by atoms with Gasteiger partial charge in [-0.3, -0.25) is 9.79 Å². The van der Waals surface area contributed by atoms with Crippen LogP contribution in [0.5, 0.6) is 5.75 Å². The molecule has 0 radical (unpaired) electrons. The zero-order valence-corrected chi connectivity index (χ0v) is 21.5. The van der Waals surface area contributed by atoms with Gasteiger partial charge in [0.1, 0.15) is 23.3 Å². The summed E-state index contributed by atoms with van der Waals surface area (Å²) in [4.78, 5) is 17.0. The zero-order chi connectivity index (χ0) is 26.2. The Balaban J connectivity index is 1.65. The molecule has 1 amide bonds. The number of alkyl halides is 3. The highest BCUT2D eigenvalue weighted by Gasteiger charge is 2.47. The predicted molar refractivity (Wildman–Crippen MR) is 130 cm³/mol. The fourth-order valence-electron chi connectivity index (χ4n) is 5.07. The number of methoxy groups -OCH3 is 1. The second-order valence-corrected chi connectivity index (χ2v) is 10.9. The van der Waals surface area contributed by atoms with E-state index in [1.807, 2.05) is 18.2 Å². The van der Waals surface area contributed by atoms with Gasteiger partial charge in [0.25, 0.3) is 0 Å². The van der Waals surface area contributed by atoms with E-state index in [1.54, 1.807) is 7.11 Å². The van der Waals surface area contributed by atoms with Crippen LogP contribution in [0, 0.1) is 5.41 Å². The van der Waals surface area contributed by atoms with Gasteiger partial charge in [-0.2, -0.15) is 13.2 Å². The van der Waals surface area contributed by atoms with Crippen LogP contribution in [0.25, 0.3) is 0 Å². The fourth-order valence-corrected chi connectivity index (χ4v) is 5.07. The largest absolute Gasteiger partial charge is 0.487 e. The molecule has 2 N–H and O–H groups in total. The van der Waals surface area contributed by atoms with Crippen LogP contribution < -0.4 is 10.5 Å². The number of hydrogen-bond acceptors (Lipinski definition) is 4. The summed E-state index contributed by atoms with van der Waals surface area (Å²) in [6.07, 6.45) is -1.17. The van der Waals surface area contributed by atoms with E-state index in [9.17, 15) is 18.0 Å². The van der Waals surface area contributed by atoms with Gasteiger partial charge in [0.2, 0.25) is 0 Å². The van der Waals surface area contributed by atoms with Gasteiger partial charge >= 0.3 is 12.1 Å². The number of carbonyl (C=O) groups is 1. The lowest BCUT2D eigenvalue weighted by atomic mass is 9.72. The Bertz CT molecular complexity index is 949. The van der Waals surface area contributed by atoms with Crippen molar-refractivity contribution in [3.8, 4) is 5.75 Å². The molecule has 1 aromatic rings. The van der Waals surface area contributed by atoms with Crippen LogP contribution in [0.4, 0.5) is 13.2 Å². The van der Waals surface area contributed by atoms with Crippen molar-refractivity contribution in [2.75, 3.05) is 14.2 Å². The maximum Gasteiger partial charge on any atom is 0.471 e. The number of fused-ring (bicyclic) bond motifs is 1. The minimum atomic E-state index is -4.85. The third-order valence-corrected chi connectivity index (χ3v) is 7.93. The topological polar surface area (TPSA) is 77.2 Å². The third-order valence-electron chi connectivity index (χ3n) is 7.93. The molecule has 0 saturated heterocycles. The molecule has 0 unspecified atom stereocenters. The summed E-state index contributed by atoms with van der Waals surface area (Å²) in [5, 5.41) is 0. The van der Waals surface area contributed by atoms with Crippen LogP contribution in [-0.4, -0.2) is 60.8 Å². The molecule has 0 spiro atoms. The van der Waals surface area contributed by atoms with Crippen molar-refractivity contribution >= 4 is 11.7 Å². The van der Waals surface area contributed by atoms with E-state index in [0.717, 1.165) is 34.6 Å². The van der Waals surface area contributed by atoms with Gasteiger partial charge in [-0.25, -0.2) is 0 Å². The van der Waals surface area contributed by atoms with Gasteiger partial charge in [0, 0.05) is 25.8 Å². The Hall–Kier alpha value is -2.29. The predicted octanol–water partition coefficient (Wildman–Crippen LogP) is 4.87. The van der Waals surface area contributed by atoms with Crippen molar-refractivity contribution < 1.29 is 27.4 Å². The summed E-state index contributed by atoms with van der Waals surface area (Å²) in [5.41, 5.74) is 7.64. The smallest absolute Gasteiger partial charge is 0.471 e. The van der Waals surface area contributed by atoms with E-state index in [4.69, 9.17) is 15.2 Å². The molecule has 2 aliphatic rings. The summed E-state index contributed by atoms with van der Waals surface area (Å²) in [6, 6.07) is 5.31. The number of nitrogens with two attached hydrogens (primary N) is 1. The summed E-state index contributed by atoms with van der Waals surface area (Å²) in [5.74, 6) is -0.562. The number of nitrogens with zero attached hydrogens (tertiary/aromatic N) is 2. The zero-order valence-electron chi connectivity index (χ0n) is 21.5. The molecule has 1 aliphatic heterocycles. The summed E-state index contributed by atoms with van der Waals surface area (Å²) < 4.78 is 50.4. The standard InChI is InChI=1S/C26H38F3N3O3/c1-24(2,3)25(4,34-6)21-14-8-16-15-17(7-13-20(16)35-21)22(30)31-18-9-11-19(12-10-18)32(5)23(33)26(27,28)29/h7,13,15,18-19,21H,8-12,14H2,1-6H3,(H2,30,31)/t18?,19?,21-,25+/m1/s1. The monoisotopic (exact) mass is 497 g/mol. The number of amidine groups is 1. The van der Waals surface area contributed by atoms with Crippen molar-refractivity contribution in [3.63, 3.8) is 0 Å².